The predicted molar refractivity (Wildman–Crippen MR) is 57.1 cm³/mol. The number of hydrogen-bond donors (Lipinski definition) is 0. The quantitative estimate of drug-likeness (QED) is 0.680. The van der Waals surface area contributed by atoms with Gasteiger partial charge in [0.25, 0.3) is 0 Å². The van der Waals surface area contributed by atoms with Crippen LogP contribution < -0.4 is 0 Å². The molecule has 104 valence electrons. The fourth-order valence-corrected chi connectivity index (χ4v) is 1.90. The summed E-state index contributed by atoms with van der Waals surface area (Å²) < 4.78 is 75.7. The summed E-state index contributed by atoms with van der Waals surface area (Å²) >= 11 is 0. The number of halogens is 6. The zero-order chi connectivity index (χ0) is 14.3. The first-order valence-corrected chi connectivity index (χ1v) is 5.51. The molecule has 1 nitrogen and oxygen atoms in total. The van der Waals surface area contributed by atoms with Gasteiger partial charge in [-0.05, 0) is 36.6 Å². The molecule has 1 aromatic rings. The second-order valence-corrected chi connectivity index (χ2v) is 4.23. The van der Waals surface area contributed by atoms with Gasteiger partial charge in [-0.25, -0.2) is 0 Å². The highest BCUT2D eigenvalue weighted by Crippen LogP contribution is 2.36. The SMILES string of the molecule is FC(F)(F)c1cc(C2=NCCC2)cc(C(F)(F)F)c1. The molecule has 1 aliphatic heterocycles. The summed E-state index contributed by atoms with van der Waals surface area (Å²) in [4.78, 5) is 3.93. The largest absolute Gasteiger partial charge is 0.416 e. The first-order chi connectivity index (χ1) is 8.68. The molecule has 0 saturated heterocycles. The van der Waals surface area contributed by atoms with E-state index in [-0.39, 0.29) is 11.6 Å². The Morgan fingerprint density at radius 2 is 1.37 bits per heavy atom. The van der Waals surface area contributed by atoms with Gasteiger partial charge in [0, 0.05) is 12.3 Å². The number of nitrogens with zero attached hydrogens (tertiary/aromatic N) is 1. The minimum absolute atomic E-state index is 0.0975. The van der Waals surface area contributed by atoms with E-state index in [9.17, 15) is 26.3 Å². The molecule has 1 heterocycles. The molecule has 0 unspecified atom stereocenters. The van der Waals surface area contributed by atoms with Crippen molar-refractivity contribution in [1.29, 1.82) is 0 Å². The van der Waals surface area contributed by atoms with Gasteiger partial charge in [0.05, 0.1) is 11.1 Å². The molecule has 1 aliphatic rings. The van der Waals surface area contributed by atoms with Crippen LogP contribution in [-0.2, 0) is 12.4 Å². The number of alkyl halides is 6. The van der Waals surface area contributed by atoms with Crippen LogP contribution in [0.5, 0.6) is 0 Å². The van der Waals surface area contributed by atoms with Gasteiger partial charge in [-0.15, -0.1) is 0 Å². The lowest BCUT2D eigenvalue weighted by molar-refractivity contribution is -0.143. The van der Waals surface area contributed by atoms with E-state index in [1.54, 1.807) is 0 Å². The average molecular weight is 281 g/mol. The third kappa shape index (κ3) is 3.08. The van der Waals surface area contributed by atoms with Gasteiger partial charge in [0.15, 0.2) is 0 Å². The van der Waals surface area contributed by atoms with Gasteiger partial charge in [-0.3, -0.25) is 4.99 Å². The zero-order valence-electron chi connectivity index (χ0n) is 9.57. The summed E-state index contributed by atoms with van der Waals surface area (Å²) in [5, 5.41) is 0. The van der Waals surface area contributed by atoms with Crippen LogP contribution in [-0.4, -0.2) is 12.3 Å². The van der Waals surface area contributed by atoms with Gasteiger partial charge in [-0.2, -0.15) is 26.3 Å². The van der Waals surface area contributed by atoms with E-state index in [4.69, 9.17) is 0 Å². The Labute approximate surface area is 105 Å². The molecule has 0 aliphatic carbocycles. The molecule has 0 fully saturated rings. The maximum Gasteiger partial charge on any atom is 0.416 e. The lowest BCUT2D eigenvalue weighted by atomic mass is 10.0. The zero-order valence-corrected chi connectivity index (χ0v) is 9.57. The van der Waals surface area contributed by atoms with Crippen molar-refractivity contribution in [3.8, 4) is 0 Å². The molecule has 7 heteroatoms. The Hall–Kier alpha value is -1.53. The molecule has 0 spiro atoms. The van der Waals surface area contributed by atoms with Crippen molar-refractivity contribution in [3.05, 3.63) is 34.9 Å². The van der Waals surface area contributed by atoms with E-state index < -0.39 is 23.5 Å². The van der Waals surface area contributed by atoms with E-state index in [0.29, 0.717) is 25.1 Å². The molecule has 0 atom stereocenters. The Balaban J connectivity index is 2.55. The highest BCUT2D eigenvalue weighted by Gasteiger charge is 2.37. The summed E-state index contributed by atoms with van der Waals surface area (Å²) in [7, 11) is 0. The van der Waals surface area contributed by atoms with Gasteiger partial charge in [0.1, 0.15) is 0 Å². The van der Waals surface area contributed by atoms with Gasteiger partial charge in [0.2, 0.25) is 0 Å². The average Bonchev–Trinajstić information content (AvgIpc) is 2.79. The highest BCUT2D eigenvalue weighted by molar-refractivity contribution is 6.01. The topological polar surface area (TPSA) is 12.4 Å². The Morgan fingerprint density at radius 1 is 0.842 bits per heavy atom. The molecule has 0 saturated carbocycles. The van der Waals surface area contributed by atoms with Gasteiger partial charge in [-0.1, -0.05) is 0 Å². The summed E-state index contributed by atoms with van der Waals surface area (Å²) in [5.41, 5.74) is -2.39. The molecule has 2 rings (SSSR count). The Kier molecular flexibility index (Phi) is 3.32. The second-order valence-electron chi connectivity index (χ2n) is 4.23. The molecule has 0 bridgehead atoms. The molecule has 0 radical (unpaired) electrons. The fourth-order valence-electron chi connectivity index (χ4n) is 1.90. The lowest BCUT2D eigenvalue weighted by Gasteiger charge is -2.14. The highest BCUT2D eigenvalue weighted by atomic mass is 19.4. The molecule has 0 aromatic heterocycles. The van der Waals surface area contributed by atoms with Crippen molar-refractivity contribution in [2.45, 2.75) is 25.2 Å². The summed E-state index contributed by atoms with van der Waals surface area (Å²) in [5.74, 6) is 0. The predicted octanol–water partition coefficient (Wildman–Crippen LogP) is 4.31. The van der Waals surface area contributed by atoms with Crippen molar-refractivity contribution in [3.63, 3.8) is 0 Å². The minimum Gasteiger partial charge on any atom is -0.289 e. The Bertz CT molecular complexity index is 480. The summed E-state index contributed by atoms with van der Waals surface area (Å²) in [6, 6.07) is 1.57. The van der Waals surface area contributed by atoms with Crippen LogP contribution in [0.3, 0.4) is 0 Å². The van der Waals surface area contributed by atoms with Crippen LogP contribution >= 0.6 is 0 Å². The van der Waals surface area contributed by atoms with E-state index in [2.05, 4.69) is 4.99 Å². The smallest absolute Gasteiger partial charge is 0.289 e. The van der Waals surface area contributed by atoms with Crippen LogP contribution in [0, 0.1) is 0 Å². The maximum absolute atomic E-state index is 12.6. The van der Waals surface area contributed by atoms with Crippen molar-refractivity contribution < 1.29 is 26.3 Å². The van der Waals surface area contributed by atoms with E-state index in [1.165, 1.54) is 0 Å². The first-order valence-electron chi connectivity index (χ1n) is 5.51. The van der Waals surface area contributed by atoms with Crippen LogP contribution in [0.15, 0.2) is 23.2 Å². The molecule has 1 aromatic carbocycles. The second kappa shape index (κ2) is 4.54. The maximum atomic E-state index is 12.6. The fraction of sp³-hybridized carbons (Fsp3) is 0.417. The number of aliphatic imine (C=N–C) groups is 1. The Morgan fingerprint density at radius 3 is 1.74 bits per heavy atom. The number of rotatable bonds is 1. The van der Waals surface area contributed by atoms with Crippen LogP contribution in [0.1, 0.15) is 29.5 Å². The van der Waals surface area contributed by atoms with Crippen LogP contribution in [0.25, 0.3) is 0 Å². The van der Waals surface area contributed by atoms with E-state index in [1.807, 2.05) is 0 Å². The summed E-state index contributed by atoms with van der Waals surface area (Å²) in [6.45, 7) is 0.437. The third-order valence-electron chi connectivity index (χ3n) is 2.80. The molecular weight excluding hydrogens is 272 g/mol. The normalized spacial score (nSPS) is 16.6. The van der Waals surface area contributed by atoms with Crippen molar-refractivity contribution >= 4 is 5.71 Å². The van der Waals surface area contributed by atoms with E-state index >= 15 is 0 Å². The van der Waals surface area contributed by atoms with E-state index in [0.717, 1.165) is 12.1 Å². The molecule has 19 heavy (non-hydrogen) atoms. The lowest BCUT2D eigenvalue weighted by Crippen LogP contribution is -2.13. The van der Waals surface area contributed by atoms with Gasteiger partial charge >= 0.3 is 12.4 Å². The van der Waals surface area contributed by atoms with Crippen LogP contribution in [0.4, 0.5) is 26.3 Å². The number of benzene rings is 1. The van der Waals surface area contributed by atoms with Crippen molar-refractivity contribution in [2.24, 2.45) is 4.99 Å². The number of hydrogen-bond acceptors (Lipinski definition) is 1. The first kappa shape index (κ1) is 13.9. The standard InChI is InChI=1S/C12H9F6N/c13-11(14,15)8-4-7(10-2-1-3-19-10)5-9(6-8)12(16,17)18/h4-6H,1-3H2. The molecular formula is C12H9F6N. The summed E-state index contributed by atoms with van der Waals surface area (Å²) in [6.07, 6.45) is -8.57. The molecule has 0 amide bonds. The third-order valence-corrected chi connectivity index (χ3v) is 2.80. The molecule has 0 N–H and O–H groups in total. The minimum atomic E-state index is -4.81. The van der Waals surface area contributed by atoms with Gasteiger partial charge < -0.3 is 0 Å². The van der Waals surface area contributed by atoms with Crippen molar-refractivity contribution in [2.75, 3.05) is 6.54 Å². The van der Waals surface area contributed by atoms with Crippen molar-refractivity contribution in [1.82, 2.24) is 0 Å². The monoisotopic (exact) mass is 281 g/mol. The van der Waals surface area contributed by atoms with Crippen LogP contribution in [0.2, 0.25) is 0 Å².